The fourth-order valence-electron chi connectivity index (χ4n) is 4.87. The van der Waals surface area contributed by atoms with Crippen LogP contribution in [0.3, 0.4) is 0 Å². The number of aromatic nitrogens is 2. The van der Waals surface area contributed by atoms with Crippen LogP contribution in [0.5, 0.6) is 11.5 Å². The number of likely N-dealkylation sites (tertiary alicyclic amines) is 1. The summed E-state index contributed by atoms with van der Waals surface area (Å²) in [5.41, 5.74) is 7.45. The van der Waals surface area contributed by atoms with Crippen molar-refractivity contribution in [1.82, 2.24) is 14.5 Å². The largest absolute Gasteiger partial charge is 0.456 e. The molecule has 1 aliphatic rings. The van der Waals surface area contributed by atoms with Crippen LogP contribution >= 0.6 is 0 Å². The minimum Gasteiger partial charge on any atom is -0.456 e. The summed E-state index contributed by atoms with van der Waals surface area (Å²) in [5.74, 6) is 0.746. The maximum absolute atomic E-state index is 13.2. The molecule has 2 atom stereocenters. The average Bonchev–Trinajstić information content (AvgIpc) is 3.24. The molecule has 35 heavy (non-hydrogen) atoms. The van der Waals surface area contributed by atoms with Crippen LogP contribution in [0.1, 0.15) is 48.6 Å². The Balaban J connectivity index is 1.72. The van der Waals surface area contributed by atoms with Crippen LogP contribution in [0.4, 0.5) is 0 Å². The van der Waals surface area contributed by atoms with Gasteiger partial charge in [-0.1, -0.05) is 24.6 Å². The number of aliphatic hydroxyl groups is 1. The zero-order valence-electron chi connectivity index (χ0n) is 20.4. The summed E-state index contributed by atoms with van der Waals surface area (Å²) in [5, 5.41) is 20.0. The third-order valence-electron chi connectivity index (χ3n) is 7.04. The van der Waals surface area contributed by atoms with E-state index in [4.69, 9.17) is 10.5 Å². The minimum absolute atomic E-state index is 0.0931. The second-order valence-electron chi connectivity index (χ2n) is 9.47. The lowest BCUT2D eigenvalue weighted by atomic mass is 9.76. The van der Waals surface area contributed by atoms with E-state index in [-0.39, 0.29) is 12.5 Å². The number of rotatable bonds is 6. The lowest BCUT2D eigenvalue weighted by Gasteiger charge is -2.32. The normalized spacial score (nSPS) is 20.1. The van der Waals surface area contributed by atoms with Gasteiger partial charge in [-0.25, -0.2) is 4.98 Å². The van der Waals surface area contributed by atoms with Crippen molar-refractivity contribution in [2.45, 2.75) is 37.1 Å². The highest BCUT2D eigenvalue weighted by molar-refractivity contribution is 5.88. The van der Waals surface area contributed by atoms with E-state index in [2.05, 4.69) is 11.1 Å². The first-order valence-electron chi connectivity index (χ1n) is 11.7. The number of imidazole rings is 1. The summed E-state index contributed by atoms with van der Waals surface area (Å²) < 4.78 is 8.05. The summed E-state index contributed by atoms with van der Waals surface area (Å²) in [6.45, 7) is 2.27. The zero-order chi connectivity index (χ0) is 25.2. The fraction of sp³-hybridized carbons (Fsp3) is 0.370. The fourth-order valence-corrected chi connectivity index (χ4v) is 4.87. The summed E-state index contributed by atoms with van der Waals surface area (Å²) in [4.78, 5) is 19.1. The van der Waals surface area contributed by atoms with Gasteiger partial charge >= 0.3 is 0 Å². The van der Waals surface area contributed by atoms with Crippen LogP contribution in [0, 0.1) is 11.3 Å². The molecule has 2 unspecified atom stereocenters. The molecule has 8 nitrogen and oxygen atoms in total. The van der Waals surface area contributed by atoms with Crippen molar-refractivity contribution in [2.75, 3.05) is 20.2 Å². The minimum atomic E-state index is -1.01. The van der Waals surface area contributed by atoms with E-state index in [1.165, 1.54) is 0 Å². The Bertz CT molecular complexity index is 1280. The molecular formula is C27H31N5O3. The molecule has 2 aromatic carbocycles. The number of hydrogen-bond donors (Lipinski definition) is 2. The number of amides is 1. The highest BCUT2D eigenvalue weighted by Crippen LogP contribution is 2.38. The predicted octanol–water partition coefficient (Wildman–Crippen LogP) is 3.18. The Morgan fingerprint density at radius 2 is 2.06 bits per heavy atom. The standard InChI is InChI=1S/C27H31N5O3/c1-26(29,24-16-30-18-32(24)3)20-10-9-19(15-28)23(14-20)35-22-8-6-7-21(13-22)27(17-33)11-4-5-12-31(2)25(27)34/h6-10,13-14,16,18,33H,4-5,11-12,17,29H2,1-3H3. The summed E-state index contributed by atoms with van der Waals surface area (Å²) >= 11 is 0. The Kier molecular flexibility index (Phi) is 6.66. The quantitative estimate of drug-likeness (QED) is 0.568. The predicted molar refractivity (Wildman–Crippen MR) is 132 cm³/mol. The molecule has 8 heteroatoms. The number of nitriles is 1. The van der Waals surface area contributed by atoms with Gasteiger partial charge in [0.25, 0.3) is 0 Å². The van der Waals surface area contributed by atoms with Gasteiger partial charge < -0.3 is 25.0 Å². The van der Waals surface area contributed by atoms with Gasteiger partial charge in [-0.05, 0) is 55.2 Å². The van der Waals surface area contributed by atoms with E-state index < -0.39 is 11.0 Å². The van der Waals surface area contributed by atoms with Crippen molar-refractivity contribution < 1.29 is 14.6 Å². The number of likely N-dealkylation sites (N-methyl/N-ethyl adjacent to an activating group) is 1. The molecule has 1 saturated heterocycles. The number of ether oxygens (including phenoxy) is 1. The highest BCUT2D eigenvalue weighted by Gasteiger charge is 2.42. The Labute approximate surface area is 205 Å². The van der Waals surface area contributed by atoms with Gasteiger partial charge in [-0.3, -0.25) is 4.79 Å². The first-order valence-corrected chi connectivity index (χ1v) is 11.7. The van der Waals surface area contributed by atoms with Crippen molar-refractivity contribution in [3.63, 3.8) is 0 Å². The molecule has 0 radical (unpaired) electrons. The van der Waals surface area contributed by atoms with E-state index >= 15 is 0 Å². The molecule has 1 amide bonds. The van der Waals surface area contributed by atoms with Crippen molar-refractivity contribution in [1.29, 1.82) is 5.26 Å². The number of carbonyl (C=O) groups excluding carboxylic acids is 1. The maximum atomic E-state index is 13.2. The van der Waals surface area contributed by atoms with E-state index in [0.717, 1.165) is 24.1 Å². The molecular weight excluding hydrogens is 442 g/mol. The van der Waals surface area contributed by atoms with Gasteiger partial charge in [0, 0.05) is 20.6 Å². The molecule has 4 rings (SSSR count). The van der Waals surface area contributed by atoms with E-state index in [9.17, 15) is 15.2 Å². The van der Waals surface area contributed by atoms with Gasteiger partial charge in [0.15, 0.2) is 0 Å². The van der Waals surface area contributed by atoms with Crippen LogP contribution in [-0.4, -0.2) is 45.7 Å². The molecule has 1 aromatic heterocycles. The molecule has 3 aromatic rings. The smallest absolute Gasteiger partial charge is 0.235 e. The van der Waals surface area contributed by atoms with Gasteiger partial charge in [0.05, 0.1) is 41.3 Å². The third-order valence-corrected chi connectivity index (χ3v) is 7.04. The first kappa shape index (κ1) is 24.5. The molecule has 2 heterocycles. The third kappa shape index (κ3) is 4.41. The number of benzene rings is 2. The number of aliphatic hydroxyl groups excluding tert-OH is 1. The van der Waals surface area contributed by atoms with E-state index in [0.29, 0.717) is 35.6 Å². The van der Waals surface area contributed by atoms with Crippen molar-refractivity contribution in [3.8, 4) is 17.6 Å². The number of carbonyl (C=O) groups is 1. The number of aryl methyl sites for hydroxylation is 1. The lowest BCUT2D eigenvalue weighted by Crippen LogP contribution is -2.46. The van der Waals surface area contributed by atoms with Crippen molar-refractivity contribution in [2.24, 2.45) is 12.8 Å². The molecule has 0 saturated carbocycles. The molecule has 0 spiro atoms. The van der Waals surface area contributed by atoms with Gasteiger partial charge in [-0.2, -0.15) is 5.26 Å². The van der Waals surface area contributed by atoms with Gasteiger partial charge in [-0.15, -0.1) is 0 Å². The number of nitrogens with two attached hydrogens (primary N) is 1. The number of nitrogens with zero attached hydrogens (tertiary/aromatic N) is 4. The van der Waals surface area contributed by atoms with E-state index in [1.54, 1.807) is 54.8 Å². The Morgan fingerprint density at radius 3 is 2.74 bits per heavy atom. The zero-order valence-corrected chi connectivity index (χ0v) is 20.4. The SMILES string of the molecule is CN1CCCCC(CO)(c2cccc(Oc3cc(C(C)(N)c4cncn4C)ccc3C#N)c2)C1=O. The van der Waals surface area contributed by atoms with Gasteiger partial charge in [0.2, 0.25) is 5.91 Å². The van der Waals surface area contributed by atoms with Crippen LogP contribution in [0.25, 0.3) is 0 Å². The Hall–Kier alpha value is -3.67. The second-order valence-corrected chi connectivity index (χ2v) is 9.47. The first-order chi connectivity index (χ1) is 16.7. The molecule has 0 aliphatic carbocycles. The number of hydrogen-bond acceptors (Lipinski definition) is 6. The monoisotopic (exact) mass is 473 g/mol. The average molecular weight is 474 g/mol. The van der Waals surface area contributed by atoms with Crippen molar-refractivity contribution >= 4 is 5.91 Å². The molecule has 0 bridgehead atoms. The van der Waals surface area contributed by atoms with Crippen molar-refractivity contribution in [3.05, 3.63) is 77.4 Å². The summed E-state index contributed by atoms with van der Waals surface area (Å²) in [7, 11) is 3.65. The molecule has 182 valence electrons. The lowest BCUT2D eigenvalue weighted by molar-refractivity contribution is -0.137. The summed E-state index contributed by atoms with van der Waals surface area (Å²) in [6.07, 6.45) is 5.71. The van der Waals surface area contributed by atoms with Crippen LogP contribution < -0.4 is 10.5 Å². The topological polar surface area (TPSA) is 117 Å². The molecule has 1 aliphatic heterocycles. The van der Waals surface area contributed by atoms with Gasteiger partial charge in [0.1, 0.15) is 17.6 Å². The highest BCUT2D eigenvalue weighted by atomic mass is 16.5. The van der Waals surface area contributed by atoms with E-state index in [1.807, 2.05) is 30.7 Å². The summed E-state index contributed by atoms with van der Waals surface area (Å²) in [6, 6.07) is 14.7. The maximum Gasteiger partial charge on any atom is 0.235 e. The van der Waals surface area contributed by atoms with Crippen LogP contribution in [0.2, 0.25) is 0 Å². The van der Waals surface area contributed by atoms with Crippen LogP contribution in [-0.2, 0) is 22.8 Å². The molecule has 1 fully saturated rings. The molecule has 3 N–H and O–H groups in total. The van der Waals surface area contributed by atoms with Crippen LogP contribution in [0.15, 0.2) is 55.0 Å². The Morgan fingerprint density at radius 1 is 1.26 bits per heavy atom. The second kappa shape index (κ2) is 9.53.